The maximum absolute atomic E-state index is 10.1. The van der Waals surface area contributed by atoms with E-state index in [9.17, 15) is 10.2 Å². The molecule has 3 rings (SSSR count). The van der Waals surface area contributed by atoms with Gasteiger partial charge in [-0.3, -0.25) is 4.98 Å². The second-order valence-electron chi connectivity index (χ2n) is 6.98. The Morgan fingerprint density at radius 2 is 1.92 bits per heavy atom. The normalized spacial score (nSPS) is 25.2. The van der Waals surface area contributed by atoms with E-state index in [2.05, 4.69) is 10.3 Å². The predicted octanol–water partition coefficient (Wildman–Crippen LogP) is 1.76. The molecule has 6 nitrogen and oxygen atoms in total. The van der Waals surface area contributed by atoms with E-state index < -0.39 is 12.2 Å². The van der Waals surface area contributed by atoms with Crippen molar-refractivity contribution in [2.24, 2.45) is 5.41 Å². The smallest absolute Gasteiger partial charge is 0.137 e. The Hall–Kier alpha value is -2.15. The zero-order valence-corrected chi connectivity index (χ0v) is 15.0. The molecule has 1 heterocycles. The highest BCUT2D eigenvalue weighted by Crippen LogP contribution is 2.38. The van der Waals surface area contributed by atoms with Crippen LogP contribution in [0.25, 0.3) is 0 Å². The van der Waals surface area contributed by atoms with Gasteiger partial charge >= 0.3 is 0 Å². The van der Waals surface area contributed by atoms with Gasteiger partial charge in [0.2, 0.25) is 0 Å². The number of hydrogen-bond donors (Lipinski definition) is 3. The molecule has 1 fully saturated rings. The second kappa shape index (κ2) is 8.49. The summed E-state index contributed by atoms with van der Waals surface area (Å²) in [7, 11) is 1.65. The molecule has 1 aliphatic carbocycles. The van der Waals surface area contributed by atoms with Gasteiger partial charge < -0.3 is 25.0 Å². The molecule has 0 amide bonds. The zero-order valence-electron chi connectivity index (χ0n) is 15.0. The second-order valence-corrected chi connectivity index (χ2v) is 6.98. The molecule has 0 bridgehead atoms. The lowest BCUT2D eigenvalue weighted by atomic mass is 9.86. The first-order valence-electron chi connectivity index (χ1n) is 8.83. The van der Waals surface area contributed by atoms with Gasteiger partial charge in [-0.25, -0.2) is 0 Å². The lowest BCUT2D eigenvalue weighted by Gasteiger charge is -2.29. The first kappa shape index (κ1) is 18.6. The number of aliphatic hydroxyl groups is 2. The number of aliphatic hydroxyl groups excluding tert-OH is 2. The van der Waals surface area contributed by atoms with Gasteiger partial charge in [0.05, 0.1) is 32.1 Å². The first-order valence-corrected chi connectivity index (χ1v) is 8.83. The van der Waals surface area contributed by atoms with Crippen molar-refractivity contribution < 1.29 is 19.7 Å². The fourth-order valence-corrected chi connectivity index (χ4v) is 3.48. The molecule has 0 radical (unpaired) electrons. The molecular weight excluding hydrogens is 332 g/mol. The predicted molar refractivity (Wildman–Crippen MR) is 98.1 cm³/mol. The SMILES string of the molecule is COc1cccc(CNCC2(COc3cccnc3)C[C@@H](O)[C@@H](O)C2)c1. The van der Waals surface area contributed by atoms with Crippen molar-refractivity contribution in [1.82, 2.24) is 10.3 Å². The van der Waals surface area contributed by atoms with Crippen molar-refractivity contribution in [3.8, 4) is 11.5 Å². The van der Waals surface area contributed by atoms with E-state index in [1.54, 1.807) is 19.5 Å². The maximum atomic E-state index is 10.1. The van der Waals surface area contributed by atoms with Crippen molar-refractivity contribution in [2.45, 2.75) is 31.6 Å². The van der Waals surface area contributed by atoms with Gasteiger partial charge in [-0.2, -0.15) is 0 Å². The third-order valence-electron chi connectivity index (χ3n) is 4.87. The van der Waals surface area contributed by atoms with Gasteiger partial charge in [0.1, 0.15) is 11.5 Å². The van der Waals surface area contributed by atoms with Crippen molar-refractivity contribution in [3.63, 3.8) is 0 Å². The highest BCUT2D eigenvalue weighted by atomic mass is 16.5. The molecule has 26 heavy (non-hydrogen) atoms. The molecular formula is C20H26N2O4. The van der Waals surface area contributed by atoms with Crippen LogP contribution < -0.4 is 14.8 Å². The van der Waals surface area contributed by atoms with Crippen LogP contribution in [0, 0.1) is 5.41 Å². The van der Waals surface area contributed by atoms with Crippen LogP contribution in [0.3, 0.4) is 0 Å². The lowest BCUT2D eigenvalue weighted by Crippen LogP contribution is -2.38. The maximum Gasteiger partial charge on any atom is 0.137 e. The fourth-order valence-electron chi connectivity index (χ4n) is 3.48. The average Bonchev–Trinajstić information content (AvgIpc) is 2.95. The molecule has 2 aromatic rings. The number of pyridine rings is 1. The quantitative estimate of drug-likeness (QED) is 0.667. The fraction of sp³-hybridized carbons (Fsp3) is 0.450. The number of nitrogens with one attached hydrogen (secondary N) is 1. The van der Waals surface area contributed by atoms with Gasteiger partial charge in [0, 0.05) is 24.7 Å². The molecule has 3 atom stereocenters. The van der Waals surface area contributed by atoms with Crippen LogP contribution in [0.5, 0.6) is 11.5 Å². The molecule has 1 aromatic carbocycles. The monoisotopic (exact) mass is 358 g/mol. The van der Waals surface area contributed by atoms with E-state index in [4.69, 9.17) is 9.47 Å². The Morgan fingerprint density at radius 3 is 2.62 bits per heavy atom. The number of hydrogen-bond acceptors (Lipinski definition) is 6. The minimum absolute atomic E-state index is 0.326. The number of rotatable bonds is 8. The van der Waals surface area contributed by atoms with Crippen LogP contribution in [-0.4, -0.2) is 47.7 Å². The van der Waals surface area contributed by atoms with E-state index in [1.807, 2.05) is 36.4 Å². The number of nitrogens with zero attached hydrogens (tertiary/aromatic N) is 1. The van der Waals surface area contributed by atoms with Gasteiger partial charge in [-0.05, 0) is 42.7 Å². The van der Waals surface area contributed by atoms with Gasteiger partial charge in [-0.1, -0.05) is 12.1 Å². The molecule has 3 N–H and O–H groups in total. The Bertz CT molecular complexity index is 685. The molecule has 0 spiro atoms. The van der Waals surface area contributed by atoms with E-state index in [-0.39, 0.29) is 5.41 Å². The molecule has 6 heteroatoms. The van der Waals surface area contributed by atoms with Crippen LogP contribution in [-0.2, 0) is 6.54 Å². The van der Waals surface area contributed by atoms with Crippen molar-refractivity contribution >= 4 is 0 Å². The molecule has 1 saturated carbocycles. The topological polar surface area (TPSA) is 83.8 Å². The van der Waals surface area contributed by atoms with E-state index in [1.165, 1.54) is 0 Å². The summed E-state index contributed by atoms with van der Waals surface area (Å²) in [4.78, 5) is 4.05. The molecule has 0 saturated heterocycles. The standard InChI is InChI=1S/C20H26N2O4/c1-25-16-5-2-4-15(8-16)11-22-13-20(9-18(23)19(24)10-20)14-26-17-6-3-7-21-12-17/h2-8,12,18-19,22-24H,9-11,13-14H2,1H3/t18-,19+,20?. The van der Waals surface area contributed by atoms with Crippen LogP contribution in [0.1, 0.15) is 18.4 Å². The third-order valence-corrected chi connectivity index (χ3v) is 4.87. The third kappa shape index (κ3) is 4.72. The van der Waals surface area contributed by atoms with Gasteiger partial charge in [-0.15, -0.1) is 0 Å². The molecule has 1 aliphatic rings. The Balaban J connectivity index is 1.60. The Morgan fingerprint density at radius 1 is 1.15 bits per heavy atom. The van der Waals surface area contributed by atoms with Crippen molar-refractivity contribution in [3.05, 3.63) is 54.4 Å². The van der Waals surface area contributed by atoms with Gasteiger partial charge in [0.25, 0.3) is 0 Å². The minimum atomic E-state index is -0.717. The number of benzene rings is 1. The summed E-state index contributed by atoms with van der Waals surface area (Å²) in [5, 5.41) is 23.5. The number of aromatic nitrogens is 1. The first-order chi connectivity index (χ1) is 12.6. The Kier molecular flexibility index (Phi) is 6.08. The number of ether oxygens (including phenoxy) is 2. The number of methoxy groups -OCH3 is 1. The summed E-state index contributed by atoms with van der Waals surface area (Å²) >= 11 is 0. The van der Waals surface area contributed by atoms with Gasteiger partial charge in [0.15, 0.2) is 0 Å². The summed E-state index contributed by atoms with van der Waals surface area (Å²) < 4.78 is 11.1. The summed E-state index contributed by atoms with van der Waals surface area (Å²) in [6.45, 7) is 1.73. The van der Waals surface area contributed by atoms with Crippen molar-refractivity contribution in [1.29, 1.82) is 0 Å². The highest BCUT2D eigenvalue weighted by molar-refractivity contribution is 5.28. The molecule has 1 unspecified atom stereocenters. The van der Waals surface area contributed by atoms with Crippen LogP contribution in [0.15, 0.2) is 48.8 Å². The van der Waals surface area contributed by atoms with Crippen LogP contribution in [0.2, 0.25) is 0 Å². The van der Waals surface area contributed by atoms with E-state index in [0.717, 1.165) is 11.3 Å². The lowest BCUT2D eigenvalue weighted by molar-refractivity contribution is 0.0438. The van der Waals surface area contributed by atoms with Crippen LogP contribution in [0.4, 0.5) is 0 Å². The summed E-state index contributed by atoms with van der Waals surface area (Å²) in [6.07, 6.45) is 2.93. The summed E-state index contributed by atoms with van der Waals surface area (Å²) in [5.41, 5.74) is 0.792. The van der Waals surface area contributed by atoms with E-state index in [0.29, 0.717) is 38.3 Å². The highest BCUT2D eigenvalue weighted by Gasteiger charge is 2.44. The Labute approximate surface area is 153 Å². The molecule has 0 aliphatic heterocycles. The van der Waals surface area contributed by atoms with Crippen molar-refractivity contribution in [2.75, 3.05) is 20.3 Å². The van der Waals surface area contributed by atoms with Crippen LogP contribution >= 0.6 is 0 Å². The molecule has 140 valence electrons. The van der Waals surface area contributed by atoms with E-state index >= 15 is 0 Å². The minimum Gasteiger partial charge on any atom is -0.497 e. The largest absolute Gasteiger partial charge is 0.497 e. The summed E-state index contributed by atoms with van der Waals surface area (Å²) in [6, 6.07) is 11.6. The zero-order chi connectivity index (χ0) is 18.4. The average molecular weight is 358 g/mol. The summed E-state index contributed by atoms with van der Waals surface area (Å²) in [5.74, 6) is 1.51. The molecule has 1 aromatic heterocycles.